The number of rotatable bonds is 5. The molecule has 2 aromatic carbocycles. The fourth-order valence-corrected chi connectivity index (χ4v) is 5.44. The Kier molecular flexibility index (Phi) is 9.74. The molecule has 2 heterocycles. The molecule has 2 aromatic rings. The zero-order chi connectivity index (χ0) is 27.8. The van der Waals surface area contributed by atoms with Crippen LogP contribution in [0.3, 0.4) is 0 Å². The number of benzene rings is 2. The quantitative estimate of drug-likeness (QED) is 0.502. The average molecular weight is 534 g/mol. The third kappa shape index (κ3) is 7.25. The van der Waals surface area contributed by atoms with Gasteiger partial charge in [-0.05, 0) is 50.1 Å². The van der Waals surface area contributed by atoms with Crippen molar-refractivity contribution < 1.29 is 23.9 Å². The van der Waals surface area contributed by atoms with Gasteiger partial charge in [0.15, 0.2) is 5.78 Å². The highest BCUT2D eigenvalue weighted by atomic mass is 16.6. The molecular weight excluding hydrogens is 494 g/mol. The highest BCUT2D eigenvalue weighted by molar-refractivity contribution is 5.94. The van der Waals surface area contributed by atoms with Crippen molar-refractivity contribution >= 4 is 23.7 Å². The van der Waals surface area contributed by atoms with E-state index >= 15 is 0 Å². The van der Waals surface area contributed by atoms with Gasteiger partial charge in [-0.1, -0.05) is 68.9 Å². The van der Waals surface area contributed by atoms with Crippen molar-refractivity contribution in [2.24, 2.45) is 0 Å². The number of ketones is 1. The molecule has 0 unspecified atom stereocenters. The van der Waals surface area contributed by atoms with E-state index in [4.69, 9.17) is 4.74 Å². The first kappa shape index (κ1) is 28.3. The number of carbonyl (C=O) groups excluding carboxylic acids is 4. The monoisotopic (exact) mass is 533 g/mol. The molecule has 0 bridgehead atoms. The minimum atomic E-state index is -0.655. The number of carbonyl (C=O) groups is 4. The van der Waals surface area contributed by atoms with Crippen molar-refractivity contribution in [2.75, 3.05) is 19.6 Å². The van der Waals surface area contributed by atoms with Gasteiger partial charge >= 0.3 is 6.09 Å². The summed E-state index contributed by atoms with van der Waals surface area (Å²) in [6.45, 7) is 4.13. The van der Waals surface area contributed by atoms with Crippen LogP contribution in [0.5, 0.6) is 5.75 Å². The summed E-state index contributed by atoms with van der Waals surface area (Å²) in [6.07, 6.45) is 8.65. The molecule has 2 atom stereocenters. The van der Waals surface area contributed by atoms with Crippen molar-refractivity contribution in [3.05, 3.63) is 65.7 Å². The summed E-state index contributed by atoms with van der Waals surface area (Å²) in [6, 6.07) is 15.6. The second-order valence-corrected chi connectivity index (χ2v) is 10.5. The number of Topliss-reactive ketones (excluding diaryl/α,β-unsaturated/α-hetero) is 1. The van der Waals surface area contributed by atoms with Crippen molar-refractivity contribution in [1.82, 2.24) is 14.7 Å². The number of hydrogen-bond donors (Lipinski definition) is 0. The molecule has 0 N–H and O–H groups in total. The van der Waals surface area contributed by atoms with Crippen molar-refractivity contribution in [3.8, 4) is 5.75 Å². The Hall–Kier alpha value is -3.68. The zero-order valence-corrected chi connectivity index (χ0v) is 23.0. The van der Waals surface area contributed by atoms with E-state index in [9.17, 15) is 19.2 Å². The van der Waals surface area contributed by atoms with E-state index < -0.39 is 18.3 Å². The fourth-order valence-electron chi connectivity index (χ4n) is 5.44. The van der Waals surface area contributed by atoms with E-state index in [2.05, 4.69) is 0 Å². The Morgan fingerprint density at radius 3 is 2.10 bits per heavy atom. The van der Waals surface area contributed by atoms with Gasteiger partial charge in [0, 0.05) is 25.1 Å². The Morgan fingerprint density at radius 2 is 1.51 bits per heavy atom. The number of fused-ring (bicyclic) bond motifs is 1. The fraction of sp³-hybridized carbons (Fsp3) is 0.484. The molecule has 39 heavy (non-hydrogen) atoms. The molecule has 8 nitrogen and oxygen atoms in total. The van der Waals surface area contributed by atoms with Crippen LogP contribution in [0.25, 0.3) is 0 Å². The van der Waals surface area contributed by atoms with E-state index in [0.29, 0.717) is 24.3 Å². The average Bonchev–Trinajstić information content (AvgIpc) is 2.96. The number of piperazine rings is 1. The molecule has 0 aromatic heterocycles. The second kappa shape index (κ2) is 13.4. The maximum atomic E-state index is 13.0. The molecule has 1 aliphatic carbocycles. The topological polar surface area (TPSA) is 87.2 Å². The maximum Gasteiger partial charge on any atom is 0.416 e. The number of ether oxygens (including phenoxy) is 1. The summed E-state index contributed by atoms with van der Waals surface area (Å²) >= 11 is 0. The van der Waals surface area contributed by atoms with E-state index in [1.807, 2.05) is 30.3 Å². The molecule has 0 radical (unpaired) electrons. The Bertz CT molecular complexity index is 1140. The SMILES string of the molecule is C1CCCCC1.CC(=O)c1ccc(OC(=O)N2CCC(=O)N3[C@@H]2CN(CCc2ccccc2)C(=O)[C@@H]3C)cc1. The minimum absolute atomic E-state index is 0.0745. The molecule has 3 amide bonds. The lowest BCUT2D eigenvalue weighted by Gasteiger charge is -2.51. The highest BCUT2D eigenvalue weighted by Crippen LogP contribution is 2.27. The normalized spacial score (nSPS) is 21.0. The lowest BCUT2D eigenvalue weighted by Crippen LogP contribution is -2.71. The first-order chi connectivity index (χ1) is 18.8. The van der Waals surface area contributed by atoms with Crippen LogP contribution in [0.15, 0.2) is 54.6 Å². The Morgan fingerprint density at radius 1 is 0.897 bits per heavy atom. The summed E-state index contributed by atoms with van der Waals surface area (Å²) in [5.41, 5.74) is 1.64. The predicted octanol–water partition coefficient (Wildman–Crippen LogP) is 5.06. The Labute approximate surface area is 230 Å². The first-order valence-electron chi connectivity index (χ1n) is 14.1. The summed E-state index contributed by atoms with van der Waals surface area (Å²) in [7, 11) is 0. The summed E-state index contributed by atoms with van der Waals surface area (Å²) in [5.74, 6) is -0.0205. The largest absolute Gasteiger partial charge is 0.416 e. The number of amides is 3. The van der Waals surface area contributed by atoms with Crippen molar-refractivity contribution in [1.29, 1.82) is 0 Å². The molecule has 2 aliphatic heterocycles. The molecule has 1 saturated carbocycles. The third-order valence-electron chi connectivity index (χ3n) is 7.72. The third-order valence-corrected chi connectivity index (χ3v) is 7.72. The highest BCUT2D eigenvalue weighted by Gasteiger charge is 2.47. The van der Waals surface area contributed by atoms with Gasteiger partial charge in [0.1, 0.15) is 18.0 Å². The van der Waals surface area contributed by atoms with Crippen molar-refractivity contribution in [2.45, 2.75) is 77.4 Å². The molecule has 5 rings (SSSR count). The first-order valence-corrected chi connectivity index (χ1v) is 14.1. The van der Waals surface area contributed by atoms with Gasteiger partial charge in [0.25, 0.3) is 0 Å². The van der Waals surface area contributed by atoms with Crippen LogP contribution in [0, 0.1) is 0 Å². The van der Waals surface area contributed by atoms with E-state index in [-0.39, 0.29) is 37.1 Å². The van der Waals surface area contributed by atoms with E-state index in [1.54, 1.807) is 36.1 Å². The van der Waals surface area contributed by atoms with Gasteiger partial charge in [-0.15, -0.1) is 0 Å². The number of hydrogen-bond acceptors (Lipinski definition) is 5. The smallest absolute Gasteiger partial charge is 0.410 e. The van der Waals surface area contributed by atoms with Crippen LogP contribution in [-0.2, 0) is 16.0 Å². The van der Waals surface area contributed by atoms with E-state index in [1.165, 1.54) is 55.2 Å². The van der Waals surface area contributed by atoms with Gasteiger partial charge in [0.2, 0.25) is 11.8 Å². The molecular formula is C31H39N3O5. The minimum Gasteiger partial charge on any atom is -0.410 e. The van der Waals surface area contributed by atoms with Crippen LogP contribution in [0.1, 0.15) is 74.7 Å². The summed E-state index contributed by atoms with van der Waals surface area (Å²) < 4.78 is 5.53. The molecule has 208 valence electrons. The maximum absolute atomic E-state index is 13.0. The van der Waals surface area contributed by atoms with Crippen LogP contribution in [0.4, 0.5) is 4.79 Å². The van der Waals surface area contributed by atoms with Crippen LogP contribution in [-0.4, -0.2) is 70.2 Å². The lowest BCUT2D eigenvalue weighted by molar-refractivity contribution is -0.166. The molecule has 0 spiro atoms. The summed E-state index contributed by atoms with van der Waals surface area (Å²) in [5, 5.41) is 0. The molecule has 3 fully saturated rings. The number of nitrogens with zero attached hydrogens (tertiary/aromatic N) is 3. The van der Waals surface area contributed by atoms with Gasteiger partial charge in [0.05, 0.1) is 6.54 Å². The summed E-state index contributed by atoms with van der Waals surface area (Å²) in [4.78, 5) is 54.8. The zero-order valence-electron chi connectivity index (χ0n) is 23.0. The van der Waals surface area contributed by atoms with Crippen LogP contribution < -0.4 is 4.74 Å². The molecule has 2 saturated heterocycles. The Balaban J connectivity index is 0.000000519. The molecule has 3 aliphatic rings. The van der Waals surface area contributed by atoms with Gasteiger partial charge in [-0.3, -0.25) is 19.3 Å². The van der Waals surface area contributed by atoms with Gasteiger partial charge < -0.3 is 14.5 Å². The molecule has 8 heteroatoms. The van der Waals surface area contributed by atoms with Crippen LogP contribution >= 0.6 is 0 Å². The van der Waals surface area contributed by atoms with Gasteiger partial charge in [-0.2, -0.15) is 0 Å². The standard InChI is InChI=1S/C25H27N3O5.C6H12/c1-17-24(31)26(14-12-19-6-4-3-5-7-19)16-22-27(15-13-23(30)28(17)22)25(32)33-21-10-8-20(9-11-21)18(2)29;1-2-4-6-5-3-1/h3-11,17,22H,12-16H2,1-2H3;1-6H2/t17-,22+;/m0./s1. The predicted molar refractivity (Wildman–Crippen MR) is 148 cm³/mol. The van der Waals surface area contributed by atoms with Gasteiger partial charge in [-0.25, -0.2) is 4.79 Å². The van der Waals surface area contributed by atoms with E-state index in [0.717, 1.165) is 5.56 Å². The lowest BCUT2D eigenvalue weighted by atomic mass is 10.0. The van der Waals surface area contributed by atoms with Crippen LogP contribution in [0.2, 0.25) is 0 Å². The van der Waals surface area contributed by atoms with Crippen molar-refractivity contribution in [3.63, 3.8) is 0 Å². The second-order valence-electron chi connectivity index (χ2n) is 10.5.